The van der Waals surface area contributed by atoms with Crippen molar-refractivity contribution >= 4 is 18.0 Å². The SMILES string of the molecule is C/C=C/C[C@H](C)[C@@H](OC)[C@@H](C)[C@@H](C[C@H]1OC(=O)C=C[C@H]1CC)OC(=O)NC(=O)c1ccccc1. The van der Waals surface area contributed by atoms with Gasteiger partial charge in [0.1, 0.15) is 12.2 Å². The van der Waals surface area contributed by atoms with Gasteiger partial charge in [-0.05, 0) is 37.8 Å². The summed E-state index contributed by atoms with van der Waals surface area (Å²) in [5.74, 6) is -0.988. The van der Waals surface area contributed by atoms with E-state index in [4.69, 9.17) is 14.2 Å². The highest BCUT2D eigenvalue weighted by molar-refractivity contribution is 6.02. The van der Waals surface area contributed by atoms with Gasteiger partial charge in [0.2, 0.25) is 0 Å². The zero-order chi connectivity index (χ0) is 25.1. The Morgan fingerprint density at radius 2 is 1.91 bits per heavy atom. The third-order valence-electron chi connectivity index (χ3n) is 6.35. The van der Waals surface area contributed by atoms with Crippen LogP contribution in [0.1, 0.15) is 57.3 Å². The third-order valence-corrected chi connectivity index (χ3v) is 6.35. The second-order valence-corrected chi connectivity index (χ2v) is 8.75. The Bertz CT molecular complexity index is 865. The molecule has 0 fully saturated rings. The maximum absolute atomic E-state index is 12.7. The van der Waals surface area contributed by atoms with Crippen LogP contribution in [0.2, 0.25) is 0 Å². The van der Waals surface area contributed by atoms with Gasteiger partial charge in [0.05, 0.1) is 6.10 Å². The Morgan fingerprint density at radius 3 is 2.53 bits per heavy atom. The minimum absolute atomic E-state index is 0.0199. The average Bonchev–Trinajstić information content (AvgIpc) is 2.83. The molecular formula is C27H37NO6. The molecule has 7 nitrogen and oxygen atoms in total. The number of cyclic esters (lactones) is 1. The number of methoxy groups -OCH3 is 1. The van der Waals surface area contributed by atoms with Gasteiger partial charge in [0.25, 0.3) is 5.91 Å². The molecule has 1 aliphatic heterocycles. The number of esters is 1. The van der Waals surface area contributed by atoms with Crippen LogP contribution in [0, 0.1) is 17.8 Å². The van der Waals surface area contributed by atoms with Crippen molar-refractivity contribution in [1.82, 2.24) is 5.32 Å². The number of carbonyl (C=O) groups is 3. The van der Waals surface area contributed by atoms with Gasteiger partial charge in [-0.2, -0.15) is 0 Å². The monoisotopic (exact) mass is 471 g/mol. The fraction of sp³-hybridized carbons (Fsp3) is 0.519. The molecule has 1 aromatic carbocycles. The van der Waals surface area contributed by atoms with E-state index in [2.05, 4.69) is 18.3 Å². The van der Waals surface area contributed by atoms with Crippen molar-refractivity contribution in [3.63, 3.8) is 0 Å². The first kappa shape index (κ1) is 27.3. The Labute approximate surface area is 202 Å². The summed E-state index contributed by atoms with van der Waals surface area (Å²) in [5, 5.41) is 2.30. The second kappa shape index (κ2) is 13.7. The highest BCUT2D eigenvalue weighted by Gasteiger charge is 2.37. The predicted molar refractivity (Wildman–Crippen MR) is 130 cm³/mol. The summed E-state index contributed by atoms with van der Waals surface area (Å²) >= 11 is 0. The molecule has 2 rings (SSSR count). The standard InChI is InChI=1S/C27H37NO6/c1-6-8-12-18(3)25(32-5)19(4)22(17-23-20(7-2)15-16-24(29)33-23)34-27(31)28-26(30)21-13-10-9-11-14-21/h6,8-11,13-16,18-20,22-23,25H,7,12,17H2,1-5H3,(H,28,30,31)/b8-6+/t18-,19-,20+,22+,23+,25+/m0/s1. The number of hydrogen-bond donors (Lipinski definition) is 1. The quantitative estimate of drug-likeness (QED) is 0.358. The Morgan fingerprint density at radius 1 is 1.21 bits per heavy atom. The molecule has 0 spiro atoms. The van der Waals surface area contributed by atoms with Crippen molar-refractivity contribution in [3.8, 4) is 0 Å². The van der Waals surface area contributed by atoms with Crippen LogP contribution in [0.5, 0.6) is 0 Å². The van der Waals surface area contributed by atoms with Gasteiger partial charge in [0.15, 0.2) is 0 Å². The number of benzene rings is 1. The molecule has 0 unspecified atom stereocenters. The molecule has 0 saturated heterocycles. The molecule has 1 N–H and O–H groups in total. The Hall–Kier alpha value is -2.93. The molecule has 0 bridgehead atoms. The molecule has 186 valence electrons. The number of carbonyl (C=O) groups excluding carboxylic acids is 3. The van der Waals surface area contributed by atoms with Gasteiger partial charge >= 0.3 is 12.1 Å². The summed E-state index contributed by atoms with van der Waals surface area (Å²) < 4.78 is 17.2. The summed E-state index contributed by atoms with van der Waals surface area (Å²) in [6.07, 6.45) is 7.11. The second-order valence-electron chi connectivity index (χ2n) is 8.75. The van der Waals surface area contributed by atoms with E-state index in [9.17, 15) is 14.4 Å². The summed E-state index contributed by atoms with van der Waals surface area (Å²) in [7, 11) is 1.64. The number of hydrogen-bond acceptors (Lipinski definition) is 6. The van der Waals surface area contributed by atoms with Crippen molar-refractivity contribution in [1.29, 1.82) is 0 Å². The molecule has 0 saturated carbocycles. The summed E-state index contributed by atoms with van der Waals surface area (Å²) in [6.45, 7) is 8.02. The fourth-order valence-corrected chi connectivity index (χ4v) is 4.41. The molecule has 0 aliphatic carbocycles. The van der Waals surface area contributed by atoms with E-state index in [1.165, 1.54) is 6.08 Å². The van der Waals surface area contributed by atoms with Gasteiger partial charge in [-0.3, -0.25) is 10.1 Å². The topological polar surface area (TPSA) is 90.9 Å². The van der Waals surface area contributed by atoms with Crippen LogP contribution in [0.3, 0.4) is 0 Å². The minimum atomic E-state index is -0.840. The van der Waals surface area contributed by atoms with Crippen LogP contribution in [-0.4, -0.2) is 43.4 Å². The highest BCUT2D eigenvalue weighted by atomic mass is 16.6. The minimum Gasteiger partial charge on any atom is -0.458 e. The first-order valence-corrected chi connectivity index (χ1v) is 11.9. The van der Waals surface area contributed by atoms with Crippen LogP contribution in [0.4, 0.5) is 4.79 Å². The molecule has 1 aliphatic rings. The molecular weight excluding hydrogens is 434 g/mol. The third kappa shape index (κ3) is 7.83. The van der Waals surface area contributed by atoms with Gasteiger partial charge in [-0.1, -0.05) is 57.2 Å². The van der Waals surface area contributed by atoms with Crippen LogP contribution < -0.4 is 5.32 Å². The van der Waals surface area contributed by atoms with Crippen LogP contribution in [0.25, 0.3) is 0 Å². The van der Waals surface area contributed by atoms with Crippen molar-refractivity contribution in [2.45, 2.75) is 65.3 Å². The predicted octanol–water partition coefficient (Wildman–Crippen LogP) is 5.07. The van der Waals surface area contributed by atoms with E-state index in [0.29, 0.717) is 12.0 Å². The van der Waals surface area contributed by atoms with Gasteiger partial charge in [0, 0.05) is 37.0 Å². The zero-order valence-electron chi connectivity index (χ0n) is 20.7. The van der Waals surface area contributed by atoms with E-state index in [0.717, 1.165) is 12.8 Å². The lowest BCUT2D eigenvalue weighted by Gasteiger charge is -2.36. The largest absolute Gasteiger partial charge is 0.458 e. The van der Waals surface area contributed by atoms with E-state index < -0.39 is 30.2 Å². The smallest absolute Gasteiger partial charge is 0.414 e. The summed E-state index contributed by atoms with van der Waals surface area (Å²) in [5.41, 5.74) is 0.358. The Balaban J connectivity index is 2.21. The van der Waals surface area contributed by atoms with Crippen molar-refractivity contribution in [3.05, 3.63) is 60.2 Å². The molecule has 0 aromatic heterocycles. The van der Waals surface area contributed by atoms with Gasteiger partial charge < -0.3 is 14.2 Å². The normalized spacial score (nSPS) is 21.4. The van der Waals surface area contributed by atoms with Crippen molar-refractivity contribution < 1.29 is 28.6 Å². The molecule has 0 radical (unpaired) electrons. The van der Waals surface area contributed by atoms with Crippen molar-refractivity contribution in [2.24, 2.45) is 17.8 Å². The molecule has 7 heteroatoms. The lowest BCUT2D eigenvalue weighted by Crippen LogP contribution is -2.44. The van der Waals surface area contributed by atoms with Gasteiger partial charge in [-0.25, -0.2) is 9.59 Å². The number of amides is 2. The average molecular weight is 472 g/mol. The number of nitrogens with one attached hydrogen (secondary N) is 1. The number of allylic oxidation sites excluding steroid dienone is 2. The molecule has 1 heterocycles. The van der Waals surface area contributed by atoms with Crippen LogP contribution >= 0.6 is 0 Å². The fourth-order valence-electron chi connectivity index (χ4n) is 4.41. The van der Waals surface area contributed by atoms with Crippen LogP contribution in [-0.2, 0) is 19.0 Å². The molecule has 6 atom stereocenters. The number of alkyl carbamates (subject to hydrolysis) is 1. The maximum atomic E-state index is 12.7. The van der Waals surface area contributed by atoms with E-state index in [1.54, 1.807) is 37.4 Å². The van der Waals surface area contributed by atoms with E-state index in [-0.39, 0.29) is 23.9 Å². The highest BCUT2D eigenvalue weighted by Crippen LogP contribution is 2.31. The number of imide groups is 1. The van der Waals surface area contributed by atoms with E-state index in [1.807, 2.05) is 32.9 Å². The van der Waals surface area contributed by atoms with Crippen molar-refractivity contribution in [2.75, 3.05) is 7.11 Å². The lowest BCUT2D eigenvalue weighted by molar-refractivity contribution is -0.149. The molecule has 34 heavy (non-hydrogen) atoms. The Kier molecular flexibility index (Phi) is 11.0. The van der Waals surface area contributed by atoms with Crippen LogP contribution in [0.15, 0.2) is 54.6 Å². The first-order valence-electron chi connectivity index (χ1n) is 11.9. The van der Waals surface area contributed by atoms with E-state index >= 15 is 0 Å². The zero-order valence-corrected chi connectivity index (χ0v) is 20.7. The van der Waals surface area contributed by atoms with Gasteiger partial charge in [-0.15, -0.1) is 0 Å². The molecule has 2 amide bonds. The number of ether oxygens (including phenoxy) is 3. The summed E-state index contributed by atoms with van der Waals surface area (Å²) in [4.78, 5) is 37.1. The lowest BCUT2D eigenvalue weighted by atomic mass is 9.83. The first-order chi connectivity index (χ1) is 16.3. The molecule has 1 aromatic rings. The number of rotatable bonds is 11. The maximum Gasteiger partial charge on any atom is 0.414 e. The summed E-state index contributed by atoms with van der Waals surface area (Å²) in [6, 6.07) is 8.46.